The summed E-state index contributed by atoms with van der Waals surface area (Å²) in [6.07, 6.45) is 3.13. The molecule has 2 amide bonds. The van der Waals surface area contributed by atoms with Crippen LogP contribution in [0.15, 0.2) is 0 Å². The highest BCUT2D eigenvalue weighted by Crippen LogP contribution is 2.20. The van der Waals surface area contributed by atoms with Crippen molar-refractivity contribution in [1.82, 2.24) is 9.80 Å². The second kappa shape index (κ2) is 3.59. The van der Waals surface area contributed by atoms with Gasteiger partial charge in [-0.05, 0) is 19.8 Å². The van der Waals surface area contributed by atoms with E-state index in [2.05, 4.69) is 0 Å². The van der Waals surface area contributed by atoms with E-state index in [-0.39, 0.29) is 18.0 Å². The molecule has 2 fully saturated rings. The van der Waals surface area contributed by atoms with E-state index < -0.39 is 0 Å². The van der Waals surface area contributed by atoms with Crippen molar-refractivity contribution in [2.45, 2.75) is 38.8 Å². The van der Waals surface area contributed by atoms with Crippen LogP contribution in [-0.4, -0.2) is 40.9 Å². The smallest absolute Gasteiger partial charge is 0.224 e. The summed E-state index contributed by atoms with van der Waals surface area (Å²) in [5.41, 5.74) is 0. The monoisotopic (exact) mass is 196 g/mol. The van der Waals surface area contributed by atoms with Gasteiger partial charge in [-0.2, -0.15) is 0 Å². The molecule has 14 heavy (non-hydrogen) atoms. The molecule has 0 radical (unpaired) electrons. The SMILES string of the molecule is CC(N1CCCC1=O)N1CCCC1=O. The van der Waals surface area contributed by atoms with Crippen molar-refractivity contribution in [1.29, 1.82) is 0 Å². The molecule has 2 saturated heterocycles. The van der Waals surface area contributed by atoms with Crippen molar-refractivity contribution >= 4 is 11.8 Å². The lowest BCUT2D eigenvalue weighted by Crippen LogP contribution is -2.47. The largest absolute Gasteiger partial charge is 0.322 e. The molecule has 4 heteroatoms. The van der Waals surface area contributed by atoms with Gasteiger partial charge >= 0.3 is 0 Å². The number of rotatable bonds is 2. The lowest BCUT2D eigenvalue weighted by Gasteiger charge is -2.32. The summed E-state index contributed by atoms with van der Waals surface area (Å²) in [6.45, 7) is 3.57. The zero-order chi connectivity index (χ0) is 10.1. The van der Waals surface area contributed by atoms with E-state index >= 15 is 0 Å². The molecule has 0 spiro atoms. The summed E-state index contributed by atoms with van der Waals surface area (Å²) >= 11 is 0. The molecule has 0 saturated carbocycles. The zero-order valence-corrected chi connectivity index (χ0v) is 8.53. The maximum atomic E-state index is 11.5. The molecule has 2 aliphatic rings. The van der Waals surface area contributed by atoms with Gasteiger partial charge in [0.2, 0.25) is 11.8 Å². The summed E-state index contributed by atoms with van der Waals surface area (Å²) in [5, 5.41) is 0. The maximum absolute atomic E-state index is 11.5. The Balaban J connectivity index is 2.03. The first-order valence-electron chi connectivity index (χ1n) is 5.29. The average Bonchev–Trinajstić information content (AvgIpc) is 2.73. The summed E-state index contributed by atoms with van der Waals surface area (Å²) in [4.78, 5) is 26.6. The van der Waals surface area contributed by atoms with Crippen molar-refractivity contribution in [2.75, 3.05) is 13.1 Å². The quantitative estimate of drug-likeness (QED) is 0.648. The van der Waals surface area contributed by atoms with Gasteiger partial charge in [-0.15, -0.1) is 0 Å². The summed E-state index contributed by atoms with van der Waals surface area (Å²) in [7, 11) is 0. The molecule has 0 aliphatic carbocycles. The number of amides is 2. The molecule has 0 atom stereocenters. The Kier molecular flexibility index (Phi) is 2.44. The molecule has 0 N–H and O–H groups in total. The molecular weight excluding hydrogens is 180 g/mol. The van der Waals surface area contributed by atoms with Crippen molar-refractivity contribution in [2.24, 2.45) is 0 Å². The van der Waals surface area contributed by atoms with Gasteiger partial charge in [-0.25, -0.2) is 0 Å². The highest BCUT2D eigenvalue weighted by Gasteiger charge is 2.33. The summed E-state index contributed by atoms with van der Waals surface area (Å²) in [6, 6.07) is 0. The van der Waals surface area contributed by atoms with Crippen molar-refractivity contribution < 1.29 is 9.59 Å². The van der Waals surface area contributed by atoms with Crippen LogP contribution in [0.3, 0.4) is 0 Å². The van der Waals surface area contributed by atoms with E-state index in [1.807, 2.05) is 16.7 Å². The fourth-order valence-electron chi connectivity index (χ4n) is 2.30. The lowest BCUT2D eigenvalue weighted by molar-refractivity contribution is -0.139. The van der Waals surface area contributed by atoms with Gasteiger partial charge in [0, 0.05) is 25.9 Å². The Morgan fingerprint density at radius 3 is 1.71 bits per heavy atom. The molecule has 2 aliphatic heterocycles. The second-order valence-electron chi connectivity index (χ2n) is 4.01. The molecule has 2 heterocycles. The summed E-state index contributed by atoms with van der Waals surface area (Å²) in [5.74, 6) is 0.384. The minimum Gasteiger partial charge on any atom is -0.322 e. The minimum atomic E-state index is -0.0278. The van der Waals surface area contributed by atoms with Crippen LogP contribution < -0.4 is 0 Å². The van der Waals surface area contributed by atoms with Gasteiger partial charge in [0.25, 0.3) is 0 Å². The van der Waals surface area contributed by atoms with Crippen LogP contribution in [0.2, 0.25) is 0 Å². The van der Waals surface area contributed by atoms with Crippen LogP contribution in [0.4, 0.5) is 0 Å². The number of likely N-dealkylation sites (tertiary alicyclic amines) is 2. The topological polar surface area (TPSA) is 40.6 Å². The van der Waals surface area contributed by atoms with Crippen LogP contribution in [0.1, 0.15) is 32.6 Å². The third-order valence-corrected chi connectivity index (χ3v) is 3.12. The molecule has 0 bridgehead atoms. The number of carbonyl (C=O) groups is 2. The van der Waals surface area contributed by atoms with E-state index in [1.54, 1.807) is 0 Å². The van der Waals surface area contributed by atoms with Gasteiger partial charge in [0.15, 0.2) is 0 Å². The molecule has 0 aromatic rings. The molecular formula is C10H16N2O2. The standard InChI is InChI=1S/C10H16N2O2/c1-8(11-6-2-4-9(11)13)12-7-3-5-10(12)14/h8H,2-7H2,1H3. The van der Waals surface area contributed by atoms with E-state index in [9.17, 15) is 9.59 Å². The third-order valence-electron chi connectivity index (χ3n) is 3.12. The predicted molar refractivity (Wildman–Crippen MR) is 51.4 cm³/mol. The van der Waals surface area contributed by atoms with Crippen molar-refractivity contribution in [3.63, 3.8) is 0 Å². The molecule has 0 unspecified atom stereocenters. The lowest BCUT2D eigenvalue weighted by atomic mass is 10.4. The first-order valence-corrected chi connectivity index (χ1v) is 5.29. The minimum absolute atomic E-state index is 0.0278. The summed E-state index contributed by atoms with van der Waals surface area (Å²) < 4.78 is 0. The Morgan fingerprint density at radius 2 is 1.43 bits per heavy atom. The van der Waals surface area contributed by atoms with Gasteiger partial charge < -0.3 is 9.80 Å². The number of hydrogen-bond donors (Lipinski definition) is 0. The maximum Gasteiger partial charge on any atom is 0.224 e. The van der Waals surface area contributed by atoms with Crippen molar-refractivity contribution in [3.8, 4) is 0 Å². The van der Waals surface area contributed by atoms with Gasteiger partial charge in [-0.1, -0.05) is 0 Å². The van der Waals surface area contributed by atoms with Crippen LogP contribution in [0.25, 0.3) is 0 Å². The van der Waals surface area contributed by atoms with Crippen LogP contribution in [-0.2, 0) is 9.59 Å². The molecule has 78 valence electrons. The van der Waals surface area contributed by atoms with Gasteiger partial charge in [0.05, 0.1) is 0 Å². The Labute approximate surface area is 83.9 Å². The normalized spacial score (nSPS) is 23.0. The van der Waals surface area contributed by atoms with Gasteiger partial charge in [0.1, 0.15) is 6.17 Å². The number of carbonyl (C=O) groups excluding carboxylic acids is 2. The fraction of sp³-hybridized carbons (Fsp3) is 0.800. The number of nitrogens with zero attached hydrogens (tertiary/aromatic N) is 2. The molecule has 4 nitrogen and oxygen atoms in total. The van der Waals surface area contributed by atoms with Crippen LogP contribution >= 0.6 is 0 Å². The second-order valence-corrected chi connectivity index (χ2v) is 4.01. The number of hydrogen-bond acceptors (Lipinski definition) is 2. The highest BCUT2D eigenvalue weighted by atomic mass is 16.2. The zero-order valence-electron chi connectivity index (χ0n) is 8.53. The first-order chi connectivity index (χ1) is 6.70. The van der Waals surface area contributed by atoms with E-state index in [4.69, 9.17) is 0 Å². The van der Waals surface area contributed by atoms with Crippen molar-refractivity contribution in [3.05, 3.63) is 0 Å². The van der Waals surface area contributed by atoms with E-state index in [1.165, 1.54) is 0 Å². The van der Waals surface area contributed by atoms with Crippen LogP contribution in [0, 0.1) is 0 Å². The van der Waals surface area contributed by atoms with Crippen LogP contribution in [0.5, 0.6) is 0 Å². The van der Waals surface area contributed by atoms with E-state index in [0.717, 1.165) is 25.9 Å². The Bertz CT molecular complexity index is 239. The highest BCUT2D eigenvalue weighted by molar-refractivity contribution is 5.81. The molecule has 0 aromatic carbocycles. The third kappa shape index (κ3) is 1.49. The van der Waals surface area contributed by atoms with Gasteiger partial charge in [-0.3, -0.25) is 9.59 Å². The Morgan fingerprint density at radius 1 is 1.00 bits per heavy atom. The predicted octanol–water partition coefficient (Wildman–Crippen LogP) is 0.577. The first kappa shape index (κ1) is 9.49. The Hall–Kier alpha value is -1.06. The molecule has 2 rings (SSSR count). The average molecular weight is 196 g/mol. The molecule has 0 aromatic heterocycles. The fourth-order valence-corrected chi connectivity index (χ4v) is 2.30. The van der Waals surface area contributed by atoms with E-state index in [0.29, 0.717) is 12.8 Å².